The lowest BCUT2D eigenvalue weighted by atomic mass is 9.81. The van der Waals surface area contributed by atoms with Gasteiger partial charge in [-0.05, 0) is 30.0 Å². The summed E-state index contributed by atoms with van der Waals surface area (Å²) in [4.78, 5) is 11.3. The summed E-state index contributed by atoms with van der Waals surface area (Å²) < 4.78 is 26.9. The van der Waals surface area contributed by atoms with Crippen molar-refractivity contribution in [1.29, 1.82) is 0 Å². The highest BCUT2D eigenvalue weighted by Crippen LogP contribution is 2.32. The van der Waals surface area contributed by atoms with Crippen molar-refractivity contribution in [2.45, 2.75) is 31.2 Å². The molecule has 0 radical (unpaired) electrons. The van der Waals surface area contributed by atoms with Gasteiger partial charge in [0.05, 0.1) is 4.90 Å². The van der Waals surface area contributed by atoms with Gasteiger partial charge in [0.2, 0.25) is 15.9 Å². The third-order valence-corrected chi connectivity index (χ3v) is 6.11. The molecule has 1 saturated heterocycles. The first kappa shape index (κ1) is 17.2. The van der Waals surface area contributed by atoms with E-state index in [1.165, 1.54) is 22.5 Å². The molecule has 6 nitrogen and oxygen atoms in total. The number of amides is 1. The first-order chi connectivity index (χ1) is 10.0. The Balaban J connectivity index is 2.41. The molecule has 1 amide bonds. The molecule has 1 unspecified atom stereocenters. The summed E-state index contributed by atoms with van der Waals surface area (Å²) >= 11 is 5.91. The summed E-state index contributed by atoms with van der Waals surface area (Å²) in [6, 6.07) is 3.87. The van der Waals surface area contributed by atoms with E-state index in [9.17, 15) is 13.2 Å². The van der Waals surface area contributed by atoms with Gasteiger partial charge in [-0.2, -0.15) is 4.31 Å². The monoisotopic (exact) mass is 345 g/mol. The van der Waals surface area contributed by atoms with Gasteiger partial charge in [0, 0.05) is 29.7 Å². The molecule has 2 rings (SSSR count). The number of piperidine rings is 1. The molecule has 1 atom stereocenters. The highest BCUT2D eigenvalue weighted by molar-refractivity contribution is 7.89. The van der Waals surface area contributed by atoms with Crippen LogP contribution in [0.3, 0.4) is 0 Å². The zero-order valence-corrected chi connectivity index (χ0v) is 14.1. The van der Waals surface area contributed by atoms with E-state index >= 15 is 0 Å². The van der Waals surface area contributed by atoms with Gasteiger partial charge in [-0.1, -0.05) is 25.4 Å². The lowest BCUT2D eigenvalue weighted by molar-refractivity contribution is 0.1000. The molecule has 0 spiro atoms. The molecule has 0 saturated carbocycles. The van der Waals surface area contributed by atoms with Crippen molar-refractivity contribution in [2.24, 2.45) is 16.9 Å². The van der Waals surface area contributed by atoms with E-state index in [1.807, 2.05) is 13.8 Å². The van der Waals surface area contributed by atoms with Gasteiger partial charge in [-0.25, -0.2) is 8.42 Å². The van der Waals surface area contributed by atoms with E-state index in [2.05, 4.69) is 0 Å². The number of sulfonamides is 1. The third-order valence-electron chi connectivity index (χ3n) is 4.07. The highest BCUT2D eigenvalue weighted by Gasteiger charge is 2.39. The molecule has 1 aromatic carbocycles. The van der Waals surface area contributed by atoms with Crippen LogP contribution in [-0.2, 0) is 10.0 Å². The number of primary amides is 1. The maximum Gasteiger partial charge on any atom is 0.248 e. The van der Waals surface area contributed by atoms with Gasteiger partial charge in [0.25, 0.3) is 0 Å². The second-order valence-electron chi connectivity index (χ2n) is 6.26. The van der Waals surface area contributed by atoms with Crippen LogP contribution in [0.5, 0.6) is 0 Å². The van der Waals surface area contributed by atoms with E-state index in [0.29, 0.717) is 19.5 Å². The Morgan fingerprint density at radius 3 is 2.55 bits per heavy atom. The van der Waals surface area contributed by atoms with Gasteiger partial charge in [-0.15, -0.1) is 0 Å². The lowest BCUT2D eigenvalue weighted by Gasteiger charge is -2.41. The molecule has 1 heterocycles. The summed E-state index contributed by atoms with van der Waals surface area (Å²) in [5.41, 5.74) is 11.0. The molecule has 0 bridgehead atoms. The van der Waals surface area contributed by atoms with Crippen molar-refractivity contribution in [3.63, 3.8) is 0 Å². The summed E-state index contributed by atoms with van der Waals surface area (Å²) in [5, 5.41) is 0.155. The maximum absolute atomic E-state index is 12.8. The Morgan fingerprint density at radius 2 is 2.00 bits per heavy atom. The highest BCUT2D eigenvalue weighted by atomic mass is 35.5. The quantitative estimate of drug-likeness (QED) is 0.857. The average Bonchev–Trinajstić information content (AvgIpc) is 2.40. The minimum Gasteiger partial charge on any atom is -0.366 e. The number of hydrogen-bond donors (Lipinski definition) is 2. The lowest BCUT2D eigenvalue weighted by Crippen LogP contribution is -2.53. The molecule has 122 valence electrons. The van der Waals surface area contributed by atoms with Gasteiger partial charge < -0.3 is 11.5 Å². The molecule has 0 aliphatic carbocycles. The topological polar surface area (TPSA) is 106 Å². The van der Waals surface area contributed by atoms with E-state index in [0.717, 1.165) is 0 Å². The van der Waals surface area contributed by atoms with Crippen LogP contribution in [0.1, 0.15) is 30.6 Å². The predicted molar refractivity (Wildman–Crippen MR) is 85.1 cm³/mol. The predicted octanol–water partition coefficient (Wildman–Crippen LogP) is 1.19. The average molecular weight is 346 g/mol. The number of nitrogens with zero attached hydrogens (tertiary/aromatic N) is 1. The summed E-state index contributed by atoms with van der Waals surface area (Å²) in [5.74, 6) is -0.722. The van der Waals surface area contributed by atoms with Crippen molar-refractivity contribution in [3.8, 4) is 0 Å². The Kier molecular flexibility index (Phi) is 4.54. The third kappa shape index (κ3) is 3.27. The number of carbonyl (C=O) groups is 1. The van der Waals surface area contributed by atoms with Crippen molar-refractivity contribution < 1.29 is 13.2 Å². The van der Waals surface area contributed by atoms with Gasteiger partial charge in [-0.3, -0.25) is 4.79 Å². The fourth-order valence-electron chi connectivity index (χ4n) is 2.53. The Hall–Kier alpha value is -1.15. The molecule has 1 aromatic rings. The minimum atomic E-state index is -3.75. The first-order valence-electron chi connectivity index (χ1n) is 6.90. The number of benzene rings is 1. The van der Waals surface area contributed by atoms with Crippen LogP contribution < -0.4 is 11.5 Å². The van der Waals surface area contributed by atoms with E-state index in [4.69, 9.17) is 23.1 Å². The molecule has 1 aliphatic rings. The van der Waals surface area contributed by atoms with Crippen LogP contribution in [0.15, 0.2) is 23.1 Å². The first-order valence-corrected chi connectivity index (χ1v) is 8.72. The fourth-order valence-corrected chi connectivity index (χ4v) is 4.53. The van der Waals surface area contributed by atoms with E-state index in [-0.39, 0.29) is 26.9 Å². The number of nitrogens with two attached hydrogens (primary N) is 2. The van der Waals surface area contributed by atoms with E-state index < -0.39 is 15.9 Å². The van der Waals surface area contributed by atoms with Crippen molar-refractivity contribution in [2.75, 3.05) is 13.1 Å². The summed E-state index contributed by atoms with van der Waals surface area (Å²) in [6.07, 6.45) is 0.579. The summed E-state index contributed by atoms with van der Waals surface area (Å²) in [6.45, 7) is 4.53. The van der Waals surface area contributed by atoms with Crippen LogP contribution >= 0.6 is 11.6 Å². The normalized spacial score (nSPS) is 22.5. The standard InChI is InChI=1S/C14H20ClN3O3S/c1-14(2)8-18(4-3-12(14)16)22(20,21)11-6-9(13(17)19)5-10(15)7-11/h5-7,12H,3-4,8,16H2,1-2H3,(H2,17,19). The fraction of sp³-hybridized carbons (Fsp3) is 0.500. The van der Waals surface area contributed by atoms with Crippen molar-refractivity contribution in [1.82, 2.24) is 4.31 Å². The number of halogens is 1. The molecular formula is C14H20ClN3O3S. The van der Waals surface area contributed by atoms with Crippen molar-refractivity contribution in [3.05, 3.63) is 28.8 Å². The Morgan fingerprint density at radius 1 is 1.36 bits per heavy atom. The maximum atomic E-state index is 12.8. The number of rotatable bonds is 3. The molecule has 4 N–H and O–H groups in total. The molecule has 22 heavy (non-hydrogen) atoms. The smallest absolute Gasteiger partial charge is 0.248 e. The number of carbonyl (C=O) groups excluding carboxylic acids is 1. The van der Waals surface area contributed by atoms with Gasteiger partial charge >= 0.3 is 0 Å². The summed E-state index contributed by atoms with van der Waals surface area (Å²) in [7, 11) is -3.75. The van der Waals surface area contributed by atoms with Crippen LogP contribution in [0.2, 0.25) is 5.02 Å². The Labute approximate surface area is 135 Å². The molecule has 1 aliphatic heterocycles. The van der Waals surface area contributed by atoms with Gasteiger partial charge in [0.15, 0.2) is 0 Å². The van der Waals surface area contributed by atoms with Crippen LogP contribution in [0.4, 0.5) is 0 Å². The van der Waals surface area contributed by atoms with Crippen LogP contribution in [0.25, 0.3) is 0 Å². The SMILES string of the molecule is CC1(C)CN(S(=O)(=O)c2cc(Cl)cc(C(N)=O)c2)CCC1N. The van der Waals surface area contributed by atoms with Crippen LogP contribution in [-0.4, -0.2) is 37.8 Å². The second kappa shape index (κ2) is 5.81. The molecule has 8 heteroatoms. The van der Waals surface area contributed by atoms with Gasteiger partial charge in [0.1, 0.15) is 0 Å². The molecule has 0 aromatic heterocycles. The number of hydrogen-bond acceptors (Lipinski definition) is 4. The van der Waals surface area contributed by atoms with Crippen molar-refractivity contribution >= 4 is 27.5 Å². The van der Waals surface area contributed by atoms with Crippen LogP contribution in [0, 0.1) is 5.41 Å². The van der Waals surface area contributed by atoms with E-state index in [1.54, 1.807) is 0 Å². The zero-order chi connectivity index (χ0) is 16.7. The molecular weight excluding hydrogens is 326 g/mol. The zero-order valence-electron chi connectivity index (χ0n) is 12.5. The second-order valence-corrected chi connectivity index (χ2v) is 8.64. The largest absolute Gasteiger partial charge is 0.366 e. The minimum absolute atomic E-state index is 0.0277. The molecule has 1 fully saturated rings. The Bertz CT molecular complexity index is 703.